The number of halogens is 5. The molecule has 0 unspecified atom stereocenters. The van der Waals surface area contributed by atoms with Crippen LogP contribution in [-0.4, -0.2) is 24.4 Å². The van der Waals surface area contributed by atoms with E-state index in [4.69, 9.17) is 0 Å². The van der Waals surface area contributed by atoms with Crippen LogP contribution < -0.4 is 0 Å². The van der Waals surface area contributed by atoms with Gasteiger partial charge in [0.25, 0.3) is 0 Å². The molecule has 0 amide bonds. The van der Waals surface area contributed by atoms with Crippen LogP contribution in [0.4, 0.5) is 17.6 Å². The number of carbonyl (C=O) groups is 1. The van der Waals surface area contributed by atoms with E-state index >= 15 is 0 Å². The molecule has 0 aromatic heterocycles. The summed E-state index contributed by atoms with van der Waals surface area (Å²) in [6.45, 7) is 0. The van der Waals surface area contributed by atoms with Crippen molar-refractivity contribution < 1.29 is 27.1 Å². The molecule has 0 aliphatic heterocycles. The lowest BCUT2D eigenvalue weighted by Crippen LogP contribution is -2.43. The molecule has 1 atom stereocenters. The summed E-state index contributed by atoms with van der Waals surface area (Å²) in [4.78, 5) is 10.0. The molecular formula is C4H3ClF4O2. The van der Waals surface area contributed by atoms with Crippen LogP contribution in [0, 0.1) is 0 Å². The first kappa shape index (κ1) is 10.5. The Hall–Kier alpha value is -0.520. The van der Waals surface area contributed by atoms with Gasteiger partial charge in [-0.15, -0.1) is 0 Å². The van der Waals surface area contributed by atoms with E-state index in [9.17, 15) is 22.4 Å². The Bertz CT molecular complexity index is 164. The standard InChI is InChI=1S/C4H3ClF4O2/c1-11-2(10)3(5,6)4(7,8)9/h1H3/t3-/m0/s1. The highest BCUT2D eigenvalue weighted by atomic mass is 35.5. The molecule has 0 heterocycles. The highest BCUT2D eigenvalue weighted by Crippen LogP contribution is 2.38. The van der Waals surface area contributed by atoms with Crippen LogP contribution in [-0.2, 0) is 9.53 Å². The number of esters is 1. The van der Waals surface area contributed by atoms with E-state index < -0.39 is 17.3 Å². The molecule has 11 heavy (non-hydrogen) atoms. The quantitative estimate of drug-likeness (QED) is 0.360. The zero-order valence-electron chi connectivity index (χ0n) is 5.21. The third-order valence-electron chi connectivity index (χ3n) is 0.798. The predicted octanol–water partition coefficient (Wildman–Crippen LogP) is 1.63. The van der Waals surface area contributed by atoms with Gasteiger partial charge in [-0.1, -0.05) is 11.6 Å². The Morgan fingerprint density at radius 2 is 1.73 bits per heavy atom. The van der Waals surface area contributed by atoms with E-state index in [0.29, 0.717) is 7.11 Å². The van der Waals surface area contributed by atoms with E-state index in [2.05, 4.69) is 16.3 Å². The van der Waals surface area contributed by atoms with Crippen molar-refractivity contribution in [3.63, 3.8) is 0 Å². The molecule has 0 radical (unpaired) electrons. The van der Waals surface area contributed by atoms with E-state index in [1.807, 2.05) is 0 Å². The van der Waals surface area contributed by atoms with E-state index in [-0.39, 0.29) is 0 Å². The van der Waals surface area contributed by atoms with Gasteiger partial charge in [0.1, 0.15) is 0 Å². The average Bonchev–Trinajstić information content (AvgIpc) is 1.83. The van der Waals surface area contributed by atoms with Gasteiger partial charge in [-0.05, 0) is 0 Å². The predicted molar refractivity (Wildman–Crippen MR) is 27.8 cm³/mol. The summed E-state index contributed by atoms with van der Waals surface area (Å²) in [5, 5.41) is -4.44. The smallest absolute Gasteiger partial charge is 0.448 e. The average molecular weight is 195 g/mol. The van der Waals surface area contributed by atoms with Crippen molar-refractivity contribution in [1.82, 2.24) is 0 Å². The zero-order valence-corrected chi connectivity index (χ0v) is 5.96. The summed E-state index contributed by atoms with van der Waals surface area (Å²) in [7, 11) is 0.602. The van der Waals surface area contributed by atoms with Gasteiger partial charge in [0.2, 0.25) is 0 Å². The first-order valence-electron chi connectivity index (χ1n) is 2.26. The van der Waals surface area contributed by atoms with Gasteiger partial charge in [0, 0.05) is 0 Å². The van der Waals surface area contributed by atoms with Crippen molar-refractivity contribution in [2.75, 3.05) is 7.11 Å². The van der Waals surface area contributed by atoms with Crippen molar-refractivity contribution in [3.8, 4) is 0 Å². The van der Waals surface area contributed by atoms with Crippen molar-refractivity contribution in [2.24, 2.45) is 0 Å². The molecule has 2 nitrogen and oxygen atoms in total. The van der Waals surface area contributed by atoms with Crippen LogP contribution in [0.5, 0.6) is 0 Å². The molecule has 0 aliphatic carbocycles. The molecule has 0 aromatic rings. The van der Waals surface area contributed by atoms with Crippen LogP contribution in [0.2, 0.25) is 0 Å². The fourth-order valence-electron chi connectivity index (χ4n) is 0.244. The van der Waals surface area contributed by atoms with E-state index in [0.717, 1.165) is 0 Å². The molecule has 0 bridgehead atoms. The number of rotatable bonds is 1. The lowest BCUT2D eigenvalue weighted by atomic mass is 10.4. The number of ether oxygens (including phenoxy) is 1. The van der Waals surface area contributed by atoms with Crippen LogP contribution >= 0.6 is 11.6 Å². The number of methoxy groups -OCH3 is 1. The van der Waals surface area contributed by atoms with Gasteiger partial charge in [-0.3, -0.25) is 0 Å². The van der Waals surface area contributed by atoms with Crippen molar-refractivity contribution in [3.05, 3.63) is 0 Å². The molecular weight excluding hydrogens is 191 g/mol. The molecule has 0 spiro atoms. The summed E-state index contributed by atoms with van der Waals surface area (Å²) in [6, 6.07) is 0. The lowest BCUT2D eigenvalue weighted by Gasteiger charge is -2.17. The Morgan fingerprint density at radius 1 is 1.36 bits per heavy atom. The van der Waals surface area contributed by atoms with Crippen LogP contribution in [0.1, 0.15) is 0 Å². The molecule has 0 aromatic carbocycles. The van der Waals surface area contributed by atoms with E-state index in [1.165, 1.54) is 0 Å². The molecule has 7 heteroatoms. The number of hydrogen-bond donors (Lipinski definition) is 0. The number of hydrogen-bond acceptors (Lipinski definition) is 2. The third kappa shape index (κ3) is 1.95. The van der Waals surface area contributed by atoms with Crippen molar-refractivity contribution in [1.29, 1.82) is 0 Å². The van der Waals surface area contributed by atoms with Gasteiger partial charge in [0.05, 0.1) is 7.11 Å². The third-order valence-corrected chi connectivity index (χ3v) is 1.17. The zero-order chi connectivity index (χ0) is 9.28. The molecule has 0 N–H and O–H groups in total. The highest BCUT2D eigenvalue weighted by molar-refractivity contribution is 6.33. The summed E-state index contributed by atoms with van der Waals surface area (Å²) >= 11 is 4.20. The maximum Gasteiger partial charge on any atom is 0.448 e. The summed E-state index contributed by atoms with van der Waals surface area (Å²) < 4.78 is 50.0. The monoisotopic (exact) mass is 194 g/mol. The maximum absolute atomic E-state index is 12.2. The number of carbonyl (C=O) groups excluding carboxylic acids is 1. The second-order valence-electron chi connectivity index (χ2n) is 1.56. The Labute approximate surface area is 64.1 Å². The highest BCUT2D eigenvalue weighted by Gasteiger charge is 2.62. The van der Waals surface area contributed by atoms with Gasteiger partial charge in [-0.25, -0.2) is 9.18 Å². The minimum absolute atomic E-state index is 0.602. The fraction of sp³-hybridized carbons (Fsp3) is 0.750. The largest absolute Gasteiger partial charge is 0.465 e. The van der Waals surface area contributed by atoms with Gasteiger partial charge in [0.15, 0.2) is 0 Å². The van der Waals surface area contributed by atoms with Crippen LogP contribution in [0.15, 0.2) is 0 Å². The van der Waals surface area contributed by atoms with Crippen molar-refractivity contribution >= 4 is 17.6 Å². The molecule has 0 aliphatic rings. The molecule has 0 fully saturated rings. The molecule has 0 rings (SSSR count). The van der Waals surface area contributed by atoms with E-state index in [1.54, 1.807) is 0 Å². The molecule has 0 saturated carbocycles. The fourth-order valence-corrected chi connectivity index (χ4v) is 0.321. The second-order valence-corrected chi connectivity index (χ2v) is 2.08. The Kier molecular flexibility index (Phi) is 2.71. The molecule has 0 saturated heterocycles. The van der Waals surface area contributed by atoms with Crippen LogP contribution in [0.25, 0.3) is 0 Å². The maximum atomic E-state index is 12.2. The topological polar surface area (TPSA) is 26.3 Å². The molecule has 66 valence electrons. The SMILES string of the molecule is COC(=O)[C@@](F)(Cl)C(F)(F)F. The first-order chi connectivity index (χ1) is 4.73. The Morgan fingerprint density at radius 3 is 1.82 bits per heavy atom. The minimum Gasteiger partial charge on any atom is -0.465 e. The lowest BCUT2D eigenvalue weighted by molar-refractivity contribution is -0.212. The van der Waals surface area contributed by atoms with Crippen LogP contribution in [0.3, 0.4) is 0 Å². The van der Waals surface area contributed by atoms with Gasteiger partial charge in [-0.2, -0.15) is 13.2 Å². The van der Waals surface area contributed by atoms with Crippen molar-refractivity contribution in [2.45, 2.75) is 11.3 Å². The van der Waals surface area contributed by atoms with Gasteiger partial charge < -0.3 is 4.74 Å². The summed E-state index contributed by atoms with van der Waals surface area (Å²) in [5.74, 6) is -2.17. The minimum atomic E-state index is -5.46. The van der Waals surface area contributed by atoms with Gasteiger partial charge >= 0.3 is 17.3 Å². The summed E-state index contributed by atoms with van der Waals surface area (Å²) in [5.41, 5.74) is 0. The number of alkyl halides is 5. The first-order valence-corrected chi connectivity index (χ1v) is 2.64. The second kappa shape index (κ2) is 2.84. The Balaban J connectivity index is 4.59. The normalized spacial score (nSPS) is 17.3. The summed E-state index contributed by atoms with van der Waals surface area (Å²) in [6.07, 6.45) is -5.46.